The number of aliphatic imine (C=N–C) groups is 2. The zero-order chi connectivity index (χ0) is 35.6. The predicted molar refractivity (Wildman–Crippen MR) is 161 cm³/mol. The van der Waals surface area contributed by atoms with Gasteiger partial charge in [0.15, 0.2) is 58.2 Å². The number of nitrogens with zero attached hydrogens (tertiary/aromatic N) is 5. The molecule has 0 saturated carbocycles. The SMILES string of the molecule is CC(C)(C)[C@H]1CN(Sc2c(F)c(F)c(F)c(F)c2F)C(c2cccc(C3=N[C@@H](C(C)(C)C)CN3Sc3c(F)c(F)c(F)c(F)c3F)n2)=N1. The fourth-order valence-corrected chi connectivity index (χ4v) is 6.72. The fourth-order valence-electron chi connectivity index (χ4n) is 4.71. The smallest absolute Gasteiger partial charge is 0.200 e. The van der Waals surface area contributed by atoms with Crippen molar-refractivity contribution in [1.29, 1.82) is 0 Å². The lowest BCUT2D eigenvalue weighted by atomic mass is 9.88. The van der Waals surface area contributed by atoms with E-state index in [1.54, 1.807) is 0 Å². The van der Waals surface area contributed by atoms with Crippen molar-refractivity contribution in [1.82, 2.24) is 13.6 Å². The van der Waals surface area contributed by atoms with Gasteiger partial charge >= 0.3 is 0 Å². The zero-order valence-corrected chi connectivity index (χ0v) is 27.8. The van der Waals surface area contributed by atoms with Crippen LogP contribution in [0.3, 0.4) is 0 Å². The number of aromatic nitrogens is 1. The molecule has 0 amide bonds. The first-order chi connectivity index (χ1) is 22.2. The zero-order valence-electron chi connectivity index (χ0n) is 26.1. The first kappa shape index (κ1) is 35.8. The molecule has 0 unspecified atom stereocenters. The molecule has 0 bridgehead atoms. The molecule has 2 aliphatic heterocycles. The Labute approximate surface area is 277 Å². The minimum absolute atomic E-state index is 0.00975. The standard InChI is InChI=1S/C31H27F10N5S2/c1-30(2,3)14-10-45(47-26-22(38)18(34)16(32)19(35)23(26)39)28(43-14)12-8-7-9-13(42-12)29-44-15(31(4,5)6)11-46(29)48-27-24(40)20(36)17(33)21(37)25(27)41/h7-9,14-15H,10-11H2,1-6H3/t14-,15-/m1/s1. The van der Waals surface area contributed by atoms with Gasteiger partial charge in [0.2, 0.25) is 11.6 Å². The van der Waals surface area contributed by atoms with Crippen LogP contribution in [0.4, 0.5) is 43.9 Å². The van der Waals surface area contributed by atoms with Gasteiger partial charge in [-0.2, -0.15) is 0 Å². The summed E-state index contributed by atoms with van der Waals surface area (Å²) in [6.07, 6.45) is 0. The molecule has 2 atom stereocenters. The van der Waals surface area contributed by atoms with Crippen LogP contribution in [0, 0.1) is 69.0 Å². The summed E-state index contributed by atoms with van der Waals surface area (Å²) in [4.78, 5) is 11.6. The molecule has 2 aliphatic rings. The van der Waals surface area contributed by atoms with Crippen molar-refractivity contribution >= 4 is 35.6 Å². The van der Waals surface area contributed by atoms with E-state index in [1.807, 2.05) is 41.5 Å². The molecule has 48 heavy (non-hydrogen) atoms. The molecule has 258 valence electrons. The number of hydrogen-bond acceptors (Lipinski definition) is 7. The van der Waals surface area contributed by atoms with E-state index < -0.39 is 90.9 Å². The van der Waals surface area contributed by atoms with E-state index >= 15 is 0 Å². The maximum atomic E-state index is 14.7. The topological polar surface area (TPSA) is 44.1 Å². The predicted octanol–water partition coefficient (Wildman–Crippen LogP) is 8.84. The van der Waals surface area contributed by atoms with E-state index in [0.717, 1.165) is 0 Å². The number of benzene rings is 2. The van der Waals surface area contributed by atoms with Crippen molar-refractivity contribution in [3.8, 4) is 0 Å². The van der Waals surface area contributed by atoms with Gasteiger partial charge in [0.1, 0.15) is 21.2 Å². The molecule has 3 heterocycles. The summed E-state index contributed by atoms with van der Waals surface area (Å²) >= 11 is 0.503. The van der Waals surface area contributed by atoms with Crippen molar-refractivity contribution < 1.29 is 43.9 Å². The highest BCUT2D eigenvalue weighted by Gasteiger charge is 2.40. The van der Waals surface area contributed by atoms with E-state index in [2.05, 4.69) is 15.0 Å². The van der Waals surface area contributed by atoms with E-state index in [4.69, 9.17) is 0 Å². The van der Waals surface area contributed by atoms with Gasteiger partial charge in [0.05, 0.1) is 25.2 Å². The lowest BCUT2D eigenvalue weighted by molar-refractivity contribution is 0.319. The average Bonchev–Trinajstić information content (AvgIpc) is 3.66. The Balaban J connectivity index is 1.57. The van der Waals surface area contributed by atoms with E-state index in [9.17, 15) is 43.9 Å². The highest BCUT2D eigenvalue weighted by molar-refractivity contribution is 7.97. The van der Waals surface area contributed by atoms with Gasteiger partial charge in [-0.3, -0.25) is 18.6 Å². The normalized spacial score (nSPS) is 18.6. The number of pyridine rings is 1. The number of rotatable bonds is 6. The molecule has 1 aromatic heterocycles. The van der Waals surface area contributed by atoms with Gasteiger partial charge in [-0.25, -0.2) is 48.9 Å². The second-order valence-electron chi connectivity index (χ2n) is 13.2. The molecule has 17 heteroatoms. The minimum Gasteiger partial charge on any atom is -0.293 e. The highest BCUT2D eigenvalue weighted by Crippen LogP contribution is 2.40. The van der Waals surface area contributed by atoms with E-state index in [0.29, 0.717) is 0 Å². The largest absolute Gasteiger partial charge is 0.293 e. The Hall–Kier alpha value is -3.47. The maximum Gasteiger partial charge on any atom is 0.200 e. The second-order valence-corrected chi connectivity index (χ2v) is 15.2. The first-order valence-electron chi connectivity index (χ1n) is 14.3. The second kappa shape index (κ2) is 12.8. The average molecular weight is 724 g/mol. The number of halogens is 10. The summed E-state index contributed by atoms with van der Waals surface area (Å²) in [5.41, 5.74) is -0.881. The van der Waals surface area contributed by atoms with Crippen molar-refractivity contribution in [3.63, 3.8) is 0 Å². The van der Waals surface area contributed by atoms with Gasteiger partial charge in [0.25, 0.3) is 0 Å². The van der Waals surface area contributed by atoms with Gasteiger partial charge < -0.3 is 0 Å². The lowest BCUT2D eigenvalue weighted by Gasteiger charge is -2.26. The van der Waals surface area contributed by atoms with Crippen molar-refractivity contribution in [2.75, 3.05) is 13.1 Å². The van der Waals surface area contributed by atoms with Crippen LogP contribution in [0.2, 0.25) is 0 Å². The monoisotopic (exact) mass is 723 g/mol. The van der Waals surface area contributed by atoms with Crippen LogP contribution < -0.4 is 0 Å². The fraction of sp³-hybridized carbons (Fsp3) is 0.387. The summed E-state index contributed by atoms with van der Waals surface area (Å²) < 4.78 is 145. The molecular formula is C31H27F10N5S2. The van der Waals surface area contributed by atoms with Gasteiger partial charge in [-0.15, -0.1) is 0 Å². The lowest BCUT2D eigenvalue weighted by Crippen LogP contribution is -2.31. The molecule has 0 fully saturated rings. The number of amidine groups is 2. The summed E-state index contributed by atoms with van der Waals surface area (Å²) in [6.45, 7) is 11.0. The number of hydrogen-bond donors (Lipinski definition) is 0. The molecule has 0 N–H and O–H groups in total. The molecule has 0 radical (unpaired) electrons. The summed E-state index contributed by atoms with van der Waals surface area (Å²) in [6, 6.07) is 3.39. The molecule has 3 aromatic rings. The summed E-state index contributed by atoms with van der Waals surface area (Å²) in [7, 11) is 0. The van der Waals surface area contributed by atoms with Gasteiger partial charge in [-0.1, -0.05) is 47.6 Å². The maximum absolute atomic E-state index is 14.7. The van der Waals surface area contributed by atoms with E-state index in [-0.39, 0.29) is 60.0 Å². The van der Waals surface area contributed by atoms with Crippen molar-refractivity contribution in [3.05, 3.63) is 87.8 Å². The Bertz CT molecular complexity index is 1670. The molecule has 5 rings (SSSR count). The van der Waals surface area contributed by atoms with E-state index in [1.165, 1.54) is 26.8 Å². The van der Waals surface area contributed by atoms with Crippen LogP contribution >= 0.6 is 23.9 Å². The molecule has 0 spiro atoms. The molecule has 0 aliphatic carbocycles. The van der Waals surface area contributed by atoms with Crippen LogP contribution in [0.1, 0.15) is 52.9 Å². The molecular weight excluding hydrogens is 696 g/mol. The molecule has 2 aromatic carbocycles. The quantitative estimate of drug-likeness (QED) is 0.110. The Kier molecular flexibility index (Phi) is 9.53. The summed E-state index contributed by atoms with van der Waals surface area (Å²) in [5.74, 6) is -21.1. The van der Waals surface area contributed by atoms with Crippen molar-refractivity contribution in [2.24, 2.45) is 20.8 Å². The van der Waals surface area contributed by atoms with Crippen LogP contribution in [0.25, 0.3) is 0 Å². The Morgan fingerprint density at radius 3 is 1.10 bits per heavy atom. The summed E-state index contributed by atoms with van der Waals surface area (Å²) in [5, 5.41) is 0. The van der Waals surface area contributed by atoms with Crippen LogP contribution in [0.5, 0.6) is 0 Å². The minimum atomic E-state index is -2.30. The van der Waals surface area contributed by atoms with Crippen LogP contribution in [0.15, 0.2) is 38.0 Å². The Morgan fingerprint density at radius 1 is 0.521 bits per heavy atom. The van der Waals surface area contributed by atoms with Gasteiger partial charge in [-0.05, 0) is 46.9 Å². The van der Waals surface area contributed by atoms with Crippen LogP contribution in [-0.4, -0.2) is 50.4 Å². The molecule has 0 saturated heterocycles. The first-order valence-corrected chi connectivity index (χ1v) is 15.8. The van der Waals surface area contributed by atoms with Crippen molar-refractivity contribution in [2.45, 2.75) is 63.4 Å². The third-order valence-corrected chi connectivity index (χ3v) is 9.82. The Morgan fingerprint density at radius 2 is 0.812 bits per heavy atom. The third-order valence-electron chi connectivity index (χ3n) is 7.65. The highest BCUT2D eigenvalue weighted by atomic mass is 32.2. The van der Waals surface area contributed by atoms with Gasteiger partial charge in [0, 0.05) is 0 Å². The molecule has 5 nitrogen and oxygen atoms in total. The van der Waals surface area contributed by atoms with Crippen LogP contribution in [-0.2, 0) is 0 Å². The third kappa shape index (κ3) is 6.46.